The molecule has 1 N–H and O–H groups in total. The van der Waals surface area contributed by atoms with Crippen LogP contribution in [0.5, 0.6) is 11.5 Å². The highest BCUT2D eigenvalue weighted by molar-refractivity contribution is 6.21. The molecule has 28 heavy (non-hydrogen) atoms. The molecule has 0 radical (unpaired) electrons. The van der Waals surface area contributed by atoms with Gasteiger partial charge in [0, 0.05) is 11.9 Å². The van der Waals surface area contributed by atoms with Crippen molar-refractivity contribution in [2.24, 2.45) is 0 Å². The molecule has 0 fully saturated rings. The summed E-state index contributed by atoms with van der Waals surface area (Å²) in [5, 5.41) is 2.67. The molecule has 1 aromatic heterocycles. The number of para-hydroxylation sites is 1. The second kappa shape index (κ2) is 7.32. The molecule has 1 aliphatic heterocycles. The highest BCUT2D eigenvalue weighted by Crippen LogP contribution is 2.23. The van der Waals surface area contributed by atoms with Gasteiger partial charge in [-0.15, -0.1) is 0 Å². The van der Waals surface area contributed by atoms with Crippen LogP contribution in [0.4, 0.5) is 5.69 Å². The number of benzene rings is 2. The number of ether oxygens (including phenoxy) is 1. The first-order valence-electron chi connectivity index (χ1n) is 8.56. The number of nitrogens with zero attached hydrogens (tertiary/aromatic N) is 2. The van der Waals surface area contributed by atoms with Gasteiger partial charge in [-0.2, -0.15) is 0 Å². The Morgan fingerprint density at radius 1 is 0.893 bits per heavy atom. The third-order valence-corrected chi connectivity index (χ3v) is 4.15. The van der Waals surface area contributed by atoms with Crippen LogP contribution in [0, 0.1) is 0 Å². The second-order valence-corrected chi connectivity index (χ2v) is 6.08. The zero-order chi connectivity index (χ0) is 19.5. The van der Waals surface area contributed by atoms with Crippen LogP contribution < -0.4 is 10.1 Å². The fourth-order valence-corrected chi connectivity index (χ4v) is 2.83. The summed E-state index contributed by atoms with van der Waals surface area (Å²) in [4.78, 5) is 41.6. The fourth-order valence-electron chi connectivity index (χ4n) is 2.83. The summed E-state index contributed by atoms with van der Waals surface area (Å²) in [6.45, 7) is -0.379. The van der Waals surface area contributed by atoms with Crippen LogP contribution >= 0.6 is 0 Å². The molecule has 4 rings (SSSR count). The minimum atomic E-state index is -0.567. The zero-order valence-electron chi connectivity index (χ0n) is 14.7. The molecule has 0 aliphatic carbocycles. The van der Waals surface area contributed by atoms with Crippen LogP contribution in [0.15, 0.2) is 72.9 Å². The molecule has 2 aromatic carbocycles. The molecule has 0 bridgehead atoms. The number of hydrogen-bond acceptors (Lipinski definition) is 5. The molecular weight excluding hydrogens is 358 g/mol. The molecule has 3 amide bonds. The number of fused-ring (bicyclic) bond motifs is 1. The number of anilines is 1. The van der Waals surface area contributed by atoms with Gasteiger partial charge in [-0.1, -0.05) is 18.2 Å². The minimum absolute atomic E-state index is 0.0720. The number of aromatic nitrogens is 1. The van der Waals surface area contributed by atoms with E-state index in [-0.39, 0.29) is 17.8 Å². The molecule has 0 spiro atoms. The van der Waals surface area contributed by atoms with Crippen LogP contribution in [-0.2, 0) is 4.79 Å². The van der Waals surface area contributed by atoms with Crippen molar-refractivity contribution in [3.63, 3.8) is 0 Å². The Morgan fingerprint density at radius 2 is 1.61 bits per heavy atom. The number of amides is 3. The minimum Gasteiger partial charge on any atom is -0.457 e. The predicted octanol–water partition coefficient (Wildman–Crippen LogP) is 3.11. The normalized spacial score (nSPS) is 12.6. The Bertz CT molecular complexity index is 1010. The van der Waals surface area contributed by atoms with E-state index in [4.69, 9.17) is 4.74 Å². The summed E-state index contributed by atoms with van der Waals surface area (Å²) in [5.74, 6) is -0.238. The van der Waals surface area contributed by atoms with Crippen molar-refractivity contribution in [2.45, 2.75) is 0 Å². The second-order valence-electron chi connectivity index (χ2n) is 6.08. The van der Waals surface area contributed by atoms with E-state index in [1.54, 1.807) is 30.3 Å². The lowest BCUT2D eigenvalue weighted by atomic mass is 10.2. The molecule has 7 heteroatoms. The summed E-state index contributed by atoms with van der Waals surface area (Å²) in [7, 11) is 0. The van der Waals surface area contributed by atoms with Gasteiger partial charge in [0.2, 0.25) is 5.91 Å². The van der Waals surface area contributed by atoms with Crippen molar-refractivity contribution in [3.8, 4) is 11.5 Å². The first-order chi connectivity index (χ1) is 13.6. The number of nitrogens with one attached hydrogen (secondary N) is 1. The molecule has 3 aromatic rings. The van der Waals surface area contributed by atoms with E-state index in [0.717, 1.165) is 4.90 Å². The standard InChI is InChI=1S/C21H15N3O4/c25-18(13-24-20(26)17-7-4-12-22-19(17)21(24)27)23-14-8-10-16(11-9-14)28-15-5-2-1-3-6-15/h1-12H,13H2,(H,23,25). The number of carbonyl (C=O) groups is 3. The van der Waals surface area contributed by atoms with E-state index >= 15 is 0 Å². The SMILES string of the molecule is O=C(CN1C(=O)c2cccnc2C1=O)Nc1ccc(Oc2ccccc2)cc1. The third-order valence-electron chi connectivity index (χ3n) is 4.15. The molecule has 2 heterocycles. The third kappa shape index (κ3) is 3.45. The summed E-state index contributed by atoms with van der Waals surface area (Å²) in [6.07, 6.45) is 1.44. The zero-order valence-corrected chi connectivity index (χ0v) is 14.7. The molecule has 0 unspecified atom stereocenters. The first-order valence-corrected chi connectivity index (χ1v) is 8.56. The van der Waals surface area contributed by atoms with Crippen molar-refractivity contribution in [1.29, 1.82) is 0 Å². The largest absolute Gasteiger partial charge is 0.457 e. The average Bonchev–Trinajstić information content (AvgIpc) is 2.95. The van der Waals surface area contributed by atoms with Crippen LogP contribution in [0.2, 0.25) is 0 Å². The Morgan fingerprint density at radius 3 is 2.32 bits per heavy atom. The summed E-state index contributed by atoms with van der Waals surface area (Å²) in [5.41, 5.74) is 0.811. The highest BCUT2D eigenvalue weighted by Gasteiger charge is 2.37. The van der Waals surface area contributed by atoms with Gasteiger partial charge in [0.25, 0.3) is 11.8 Å². The summed E-state index contributed by atoms with van der Waals surface area (Å²) in [6, 6.07) is 19.2. The highest BCUT2D eigenvalue weighted by atomic mass is 16.5. The lowest BCUT2D eigenvalue weighted by molar-refractivity contribution is -0.116. The van der Waals surface area contributed by atoms with Gasteiger partial charge < -0.3 is 10.1 Å². The first kappa shape index (κ1) is 17.4. The number of pyridine rings is 1. The smallest absolute Gasteiger partial charge is 0.280 e. The van der Waals surface area contributed by atoms with Crippen molar-refractivity contribution in [3.05, 3.63) is 84.2 Å². The van der Waals surface area contributed by atoms with Gasteiger partial charge in [-0.3, -0.25) is 24.3 Å². The van der Waals surface area contributed by atoms with Crippen molar-refractivity contribution < 1.29 is 19.1 Å². The summed E-state index contributed by atoms with van der Waals surface area (Å²) < 4.78 is 5.69. The van der Waals surface area contributed by atoms with E-state index < -0.39 is 17.7 Å². The Kier molecular flexibility index (Phi) is 4.55. The number of rotatable bonds is 5. The molecule has 1 aliphatic rings. The van der Waals surface area contributed by atoms with E-state index in [1.807, 2.05) is 30.3 Å². The lowest BCUT2D eigenvalue weighted by Gasteiger charge is -2.13. The quantitative estimate of drug-likeness (QED) is 0.694. The van der Waals surface area contributed by atoms with E-state index in [1.165, 1.54) is 12.3 Å². The maximum Gasteiger partial charge on any atom is 0.280 e. The Labute approximate surface area is 160 Å². The molecular formula is C21H15N3O4. The number of carbonyl (C=O) groups excluding carboxylic acids is 3. The van der Waals surface area contributed by atoms with Crippen LogP contribution in [0.1, 0.15) is 20.8 Å². The van der Waals surface area contributed by atoms with E-state index in [0.29, 0.717) is 17.2 Å². The number of hydrogen-bond donors (Lipinski definition) is 1. The van der Waals surface area contributed by atoms with Crippen LogP contribution in [0.3, 0.4) is 0 Å². The topological polar surface area (TPSA) is 88.6 Å². The summed E-state index contributed by atoms with van der Waals surface area (Å²) >= 11 is 0. The van der Waals surface area contributed by atoms with Crippen molar-refractivity contribution in [2.75, 3.05) is 11.9 Å². The lowest BCUT2D eigenvalue weighted by Crippen LogP contribution is -2.37. The average molecular weight is 373 g/mol. The van der Waals surface area contributed by atoms with E-state index in [9.17, 15) is 14.4 Å². The molecule has 0 saturated carbocycles. The van der Waals surface area contributed by atoms with Gasteiger partial charge in [0.05, 0.1) is 5.56 Å². The van der Waals surface area contributed by atoms with Gasteiger partial charge in [0.15, 0.2) is 0 Å². The van der Waals surface area contributed by atoms with Crippen molar-refractivity contribution >= 4 is 23.4 Å². The Balaban J connectivity index is 1.38. The van der Waals surface area contributed by atoms with Crippen LogP contribution in [0.25, 0.3) is 0 Å². The van der Waals surface area contributed by atoms with Gasteiger partial charge in [-0.25, -0.2) is 0 Å². The molecule has 7 nitrogen and oxygen atoms in total. The van der Waals surface area contributed by atoms with E-state index in [2.05, 4.69) is 10.3 Å². The van der Waals surface area contributed by atoms with Gasteiger partial charge in [0.1, 0.15) is 23.7 Å². The fraction of sp³-hybridized carbons (Fsp3) is 0.0476. The van der Waals surface area contributed by atoms with Crippen molar-refractivity contribution in [1.82, 2.24) is 9.88 Å². The monoisotopic (exact) mass is 373 g/mol. The Hall–Kier alpha value is -4.00. The van der Waals surface area contributed by atoms with Gasteiger partial charge in [-0.05, 0) is 48.5 Å². The van der Waals surface area contributed by atoms with Crippen LogP contribution in [-0.4, -0.2) is 34.2 Å². The molecule has 138 valence electrons. The maximum absolute atomic E-state index is 12.3. The molecule has 0 saturated heterocycles. The molecule has 0 atom stereocenters. The van der Waals surface area contributed by atoms with Gasteiger partial charge >= 0.3 is 0 Å². The number of imide groups is 1. The maximum atomic E-state index is 12.3. The predicted molar refractivity (Wildman–Crippen MR) is 101 cm³/mol.